The highest BCUT2D eigenvalue weighted by Gasteiger charge is 2.16. The predicted molar refractivity (Wildman–Crippen MR) is 74.8 cm³/mol. The van der Waals surface area contributed by atoms with Crippen LogP contribution in [0, 0.1) is 0 Å². The molecule has 18 heavy (non-hydrogen) atoms. The monoisotopic (exact) mass is 255 g/mol. The van der Waals surface area contributed by atoms with E-state index < -0.39 is 0 Å². The first-order chi connectivity index (χ1) is 8.90. The number of nitrogens with zero attached hydrogens (tertiary/aromatic N) is 2. The molecular weight excluding hydrogens is 242 g/mol. The summed E-state index contributed by atoms with van der Waals surface area (Å²) in [5.74, 6) is 0. The fourth-order valence-electron chi connectivity index (χ4n) is 2.19. The predicted octanol–water partition coefficient (Wildman–Crippen LogP) is 3.00. The number of hydrogen-bond donors (Lipinski definition) is 1. The van der Waals surface area contributed by atoms with Crippen LogP contribution in [0.15, 0.2) is 48.4 Å². The van der Waals surface area contributed by atoms with Crippen LogP contribution in [0.25, 0.3) is 10.8 Å². The van der Waals surface area contributed by atoms with Crippen LogP contribution < -0.4 is 5.32 Å². The zero-order chi connectivity index (χ0) is 12.4. The quantitative estimate of drug-likeness (QED) is 0.781. The minimum atomic E-state index is 0.149. The Labute approximate surface area is 110 Å². The Morgan fingerprint density at radius 2 is 2.00 bits per heavy atom. The van der Waals surface area contributed by atoms with Crippen molar-refractivity contribution < 1.29 is 0 Å². The summed E-state index contributed by atoms with van der Waals surface area (Å²) in [4.78, 5) is 9.69. The Hall–Kier alpha value is -1.78. The molecule has 0 aliphatic heterocycles. The first-order valence-corrected chi connectivity index (χ1v) is 6.66. The SMILES string of the molecule is CNC(c1cncs1)c1cncc2ccccc12. The summed E-state index contributed by atoms with van der Waals surface area (Å²) >= 11 is 1.66. The van der Waals surface area contributed by atoms with E-state index in [1.54, 1.807) is 11.3 Å². The number of thiazole rings is 1. The maximum Gasteiger partial charge on any atom is 0.0794 e. The molecule has 3 nitrogen and oxygen atoms in total. The van der Waals surface area contributed by atoms with Gasteiger partial charge in [-0.05, 0) is 12.4 Å². The van der Waals surface area contributed by atoms with Gasteiger partial charge in [0.05, 0.1) is 11.6 Å². The van der Waals surface area contributed by atoms with Crippen molar-refractivity contribution in [2.24, 2.45) is 0 Å². The van der Waals surface area contributed by atoms with Gasteiger partial charge in [0.2, 0.25) is 0 Å². The molecule has 1 atom stereocenters. The molecule has 2 aromatic heterocycles. The molecule has 0 amide bonds. The average molecular weight is 255 g/mol. The molecule has 0 bridgehead atoms. The van der Waals surface area contributed by atoms with Crippen LogP contribution in [0.5, 0.6) is 0 Å². The topological polar surface area (TPSA) is 37.8 Å². The number of benzene rings is 1. The fourth-order valence-corrected chi connectivity index (χ4v) is 2.94. The highest BCUT2D eigenvalue weighted by molar-refractivity contribution is 7.09. The number of fused-ring (bicyclic) bond motifs is 1. The van der Waals surface area contributed by atoms with E-state index in [9.17, 15) is 0 Å². The van der Waals surface area contributed by atoms with Gasteiger partial charge in [0.15, 0.2) is 0 Å². The van der Waals surface area contributed by atoms with Crippen LogP contribution in [0.4, 0.5) is 0 Å². The van der Waals surface area contributed by atoms with Crippen LogP contribution >= 0.6 is 11.3 Å². The molecule has 0 radical (unpaired) electrons. The smallest absolute Gasteiger partial charge is 0.0794 e. The van der Waals surface area contributed by atoms with Gasteiger partial charge in [-0.3, -0.25) is 9.97 Å². The summed E-state index contributed by atoms with van der Waals surface area (Å²) < 4.78 is 0. The molecule has 0 spiro atoms. The minimum Gasteiger partial charge on any atom is -0.309 e. The summed E-state index contributed by atoms with van der Waals surface area (Å²) in [6.07, 6.45) is 5.75. The Morgan fingerprint density at radius 1 is 1.11 bits per heavy atom. The Bertz CT molecular complexity index is 644. The molecule has 0 saturated carbocycles. The summed E-state index contributed by atoms with van der Waals surface area (Å²) in [5.41, 5.74) is 3.05. The van der Waals surface area contributed by atoms with Crippen molar-refractivity contribution >= 4 is 22.1 Å². The van der Waals surface area contributed by atoms with Crippen molar-refractivity contribution in [1.29, 1.82) is 0 Å². The van der Waals surface area contributed by atoms with Crippen LogP contribution in [-0.4, -0.2) is 17.0 Å². The van der Waals surface area contributed by atoms with Crippen molar-refractivity contribution in [2.75, 3.05) is 7.05 Å². The molecular formula is C14H13N3S. The number of pyridine rings is 1. The van der Waals surface area contributed by atoms with Gasteiger partial charge in [-0.25, -0.2) is 0 Å². The van der Waals surface area contributed by atoms with Crippen molar-refractivity contribution in [2.45, 2.75) is 6.04 Å². The normalized spacial score (nSPS) is 12.7. The molecule has 0 aliphatic rings. The average Bonchev–Trinajstić information content (AvgIpc) is 2.94. The Morgan fingerprint density at radius 3 is 2.78 bits per heavy atom. The molecule has 1 unspecified atom stereocenters. The lowest BCUT2D eigenvalue weighted by molar-refractivity contribution is 0.704. The summed E-state index contributed by atoms with van der Waals surface area (Å²) in [6.45, 7) is 0. The fraction of sp³-hybridized carbons (Fsp3) is 0.143. The highest BCUT2D eigenvalue weighted by atomic mass is 32.1. The first kappa shape index (κ1) is 11.3. The first-order valence-electron chi connectivity index (χ1n) is 5.78. The van der Waals surface area contributed by atoms with E-state index in [-0.39, 0.29) is 6.04 Å². The van der Waals surface area contributed by atoms with Crippen molar-refractivity contribution in [1.82, 2.24) is 15.3 Å². The standard InChI is InChI=1S/C14H13N3S/c1-15-14(13-8-17-9-18-13)12-7-16-6-10-4-2-3-5-11(10)12/h2-9,14-15H,1H3. The molecule has 1 N–H and O–H groups in total. The van der Waals surface area contributed by atoms with Gasteiger partial charge in [-0.2, -0.15) is 0 Å². The molecule has 90 valence electrons. The highest BCUT2D eigenvalue weighted by Crippen LogP contribution is 2.29. The van der Waals surface area contributed by atoms with Gasteiger partial charge in [-0.15, -0.1) is 11.3 Å². The lowest BCUT2D eigenvalue weighted by Gasteiger charge is -2.16. The zero-order valence-electron chi connectivity index (χ0n) is 10.00. The van der Waals surface area contributed by atoms with E-state index in [4.69, 9.17) is 0 Å². The summed E-state index contributed by atoms with van der Waals surface area (Å²) in [5, 5.41) is 5.75. The zero-order valence-corrected chi connectivity index (χ0v) is 10.8. The van der Waals surface area contributed by atoms with Crippen molar-refractivity contribution in [3.63, 3.8) is 0 Å². The van der Waals surface area contributed by atoms with E-state index in [0.717, 1.165) is 0 Å². The van der Waals surface area contributed by atoms with E-state index in [0.29, 0.717) is 0 Å². The Kier molecular flexibility index (Phi) is 3.04. The number of nitrogens with one attached hydrogen (secondary N) is 1. The van der Waals surface area contributed by atoms with Gasteiger partial charge in [0.1, 0.15) is 0 Å². The molecule has 0 aliphatic carbocycles. The van der Waals surface area contributed by atoms with Gasteiger partial charge in [0.25, 0.3) is 0 Å². The van der Waals surface area contributed by atoms with Crippen LogP contribution in [0.3, 0.4) is 0 Å². The van der Waals surface area contributed by atoms with Crippen LogP contribution in [0.1, 0.15) is 16.5 Å². The van der Waals surface area contributed by atoms with E-state index in [1.807, 2.05) is 37.2 Å². The second-order valence-corrected chi connectivity index (χ2v) is 4.99. The molecule has 0 saturated heterocycles. The summed E-state index contributed by atoms with van der Waals surface area (Å²) in [6, 6.07) is 8.47. The lowest BCUT2D eigenvalue weighted by Crippen LogP contribution is -2.17. The van der Waals surface area contributed by atoms with Gasteiger partial charge >= 0.3 is 0 Å². The van der Waals surface area contributed by atoms with Crippen LogP contribution in [-0.2, 0) is 0 Å². The maximum absolute atomic E-state index is 4.34. The number of aromatic nitrogens is 2. The van der Waals surface area contributed by atoms with Gasteiger partial charge < -0.3 is 5.32 Å². The van der Waals surface area contributed by atoms with E-state index >= 15 is 0 Å². The largest absolute Gasteiger partial charge is 0.309 e. The maximum atomic E-state index is 4.34. The summed E-state index contributed by atoms with van der Waals surface area (Å²) in [7, 11) is 1.96. The third-order valence-electron chi connectivity index (χ3n) is 3.03. The van der Waals surface area contributed by atoms with Crippen molar-refractivity contribution in [3.8, 4) is 0 Å². The van der Waals surface area contributed by atoms with Crippen LogP contribution in [0.2, 0.25) is 0 Å². The molecule has 2 heterocycles. The lowest BCUT2D eigenvalue weighted by atomic mass is 10.0. The minimum absolute atomic E-state index is 0.149. The number of rotatable bonds is 3. The van der Waals surface area contributed by atoms with Gasteiger partial charge in [-0.1, -0.05) is 24.3 Å². The molecule has 3 rings (SSSR count). The Balaban J connectivity index is 2.18. The van der Waals surface area contributed by atoms with Gasteiger partial charge in [0, 0.05) is 34.4 Å². The molecule has 4 heteroatoms. The molecule has 0 fully saturated rings. The molecule has 3 aromatic rings. The third kappa shape index (κ3) is 1.89. The van der Waals surface area contributed by atoms with E-state index in [2.05, 4.69) is 33.5 Å². The van der Waals surface area contributed by atoms with E-state index in [1.165, 1.54) is 21.2 Å². The number of hydrogen-bond acceptors (Lipinski definition) is 4. The second-order valence-electron chi connectivity index (χ2n) is 4.08. The second kappa shape index (κ2) is 4.84. The molecule has 1 aromatic carbocycles. The van der Waals surface area contributed by atoms with Crippen molar-refractivity contribution in [3.05, 3.63) is 58.8 Å². The third-order valence-corrected chi connectivity index (χ3v) is 3.88.